The summed E-state index contributed by atoms with van der Waals surface area (Å²) in [4.78, 5) is 11.8. The minimum absolute atomic E-state index is 0.720. The fourth-order valence-electron chi connectivity index (χ4n) is 3.67. The molecular weight excluding hydrogens is 382 g/mol. The molecule has 6 heteroatoms. The van der Waals surface area contributed by atoms with Gasteiger partial charge in [-0.05, 0) is 36.4 Å². The van der Waals surface area contributed by atoms with E-state index in [0.29, 0.717) is 0 Å². The van der Waals surface area contributed by atoms with Crippen LogP contribution < -0.4 is 0 Å². The average molecular weight is 402 g/mol. The monoisotopic (exact) mass is 401 g/mol. The molecule has 0 bridgehead atoms. The predicted octanol–water partition coefficient (Wildman–Crippen LogP) is 4.54. The van der Waals surface area contributed by atoms with Gasteiger partial charge in [0, 0.05) is 60.2 Å². The van der Waals surface area contributed by atoms with Crippen LogP contribution in [0.2, 0.25) is 5.02 Å². The smallest absolute Gasteiger partial charge is 0.159 e. The van der Waals surface area contributed by atoms with Crippen molar-refractivity contribution in [1.82, 2.24) is 24.6 Å². The van der Waals surface area contributed by atoms with Gasteiger partial charge in [0.05, 0.1) is 17.6 Å². The molecule has 0 saturated carbocycles. The summed E-state index contributed by atoms with van der Waals surface area (Å²) in [6, 6.07) is 17.8. The van der Waals surface area contributed by atoms with Gasteiger partial charge in [0.2, 0.25) is 0 Å². The molecule has 2 aromatic carbocycles. The van der Waals surface area contributed by atoms with Gasteiger partial charge >= 0.3 is 0 Å². The highest BCUT2D eigenvalue weighted by Crippen LogP contribution is 2.23. The van der Waals surface area contributed by atoms with Gasteiger partial charge in [-0.2, -0.15) is 5.10 Å². The SMILES string of the molecule is Clc1ccc(-c2ncc3c(n2)CCN(Cc2cnn(-c4ccccc4)c2)C3)cc1. The molecule has 3 heterocycles. The van der Waals surface area contributed by atoms with E-state index >= 15 is 0 Å². The maximum absolute atomic E-state index is 5.98. The summed E-state index contributed by atoms with van der Waals surface area (Å²) in [6.45, 7) is 2.69. The molecule has 144 valence electrons. The Balaban J connectivity index is 1.29. The normalized spacial score (nSPS) is 14.0. The van der Waals surface area contributed by atoms with Crippen LogP contribution in [0.25, 0.3) is 17.1 Å². The lowest BCUT2D eigenvalue weighted by Gasteiger charge is -2.27. The van der Waals surface area contributed by atoms with Crippen molar-refractivity contribution in [2.24, 2.45) is 0 Å². The molecule has 0 spiro atoms. The van der Waals surface area contributed by atoms with Crippen molar-refractivity contribution >= 4 is 11.6 Å². The third kappa shape index (κ3) is 3.92. The van der Waals surface area contributed by atoms with Crippen LogP contribution in [-0.4, -0.2) is 31.2 Å². The number of hydrogen-bond acceptors (Lipinski definition) is 4. The average Bonchev–Trinajstić information content (AvgIpc) is 3.23. The highest BCUT2D eigenvalue weighted by Gasteiger charge is 2.19. The van der Waals surface area contributed by atoms with E-state index in [4.69, 9.17) is 16.6 Å². The van der Waals surface area contributed by atoms with Crippen molar-refractivity contribution in [3.05, 3.63) is 95.0 Å². The highest BCUT2D eigenvalue weighted by atomic mass is 35.5. The largest absolute Gasteiger partial charge is 0.294 e. The Morgan fingerprint density at radius 3 is 2.62 bits per heavy atom. The Hall–Kier alpha value is -3.02. The molecule has 0 fully saturated rings. The van der Waals surface area contributed by atoms with Crippen molar-refractivity contribution in [2.45, 2.75) is 19.5 Å². The Bertz CT molecular complexity index is 1120. The number of fused-ring (bicyclic) bond motifs is 1. The molecule has 0 amide bonds. The Labute approximate surface area is 174 Å². The first-order valence-electron chi connectivity index (χ1n) is 9.67. The number of rotatable bonds is 4. The summed E-state index contributed by atoms with van der Waals surface area (Å²) >= 11 is 5.98. The van der Waals surface area contributed by atoms with E-state index in [9.17, 15) is 0 Å². The third-order valence-corrected chi connectivity index (χ3v) is 5.43. The zero-order chi connectivity index (χ0) is 19.6. The number of para-hydroxylation sites is 1. The van der Waals surface area contributed by atoms with Gasteiger partial charge in [0.15, 0.2) is 5.82 Å². The molecule has 2 aromatic heterocycles. The minimum atomic E-state index is 0.720. The molecular formula is C23H20ClN5. The van der Waals surface area contributed by atoms with Crippen LogP contribution in [0.5, 0.6) is 0 Å². The summed E-state index contributed by atoms with van der Waals surface area (Å²) in [7, 11) is 0. The van der Waals surface area contributed by atoms with Gasteiger partial charge in [-0.1, -0.05) is 29.8 Å². The Kier molecular flexibility index (Phi) is 4.84. The maximum atomic E-state index is 5.98. The molecule has 1 aliphatic heterocycles. The summed E-state index contributed by atoms with van der Waals surface area (Å²) < 4.78 is 1.93. The zero-order valence-electron chi connectivity index (χ0n) is 15.9. The van der Waals surface area contributed by atoms with E-state index in [1.807, 2.05) is 59.5 Å². The lowest BCUT2D eigenvalue weighted by atomic mass is 10.1. The van der Waals surface area contributed by atoms with Crippen LogP contribution >= 0.6 is 11.6 Å². The van der Waals surface area contributed by atoms with Crippen molar-refractivity contribution in [3.63, 3.8) is 0 Å². The number of benzene rings is 2. The second-order valence-corrected chi connectivity index (χ2v) is 7.70. The van der Waals surface area contributed by atoms with E-state index in [2.05, 4.69) is 33.3 Å². The van der Waals surface area contributed by atoms with Gasteiger partial charge < -0.3 is 0 Å². The number of nitrogens with zero attached hydrogens (tertiary/aromatic N) is 5. The minimum Gasteiger partial charge on any atom is -0.294 e. The second-order valence-electron chi connectivity index (χ2n) is 7.26. The predicted molar refractivity (Wildman–Crippen MR) is 114 cm³/mol. The second kappa shape index (κ2) is 7.78. The topological polar surface area (TPSA) is 46.8 Å². The summed E-state index contributed by atoms with van der Waals surface area (Å²) in [5.74, 6) is 0.762. The van der Waals surface area contributed by atoms with Gasteiger partial charge in [-0.3, -0.25) is 4.90 Å². The molecule has 1 aliphatic rings. The molecule has 4 aromatic rings. The lowest BCUT2D eigenvalue weighted by molar-refractivity contribution is 0.243. The van der Waals surface area contributed by atoms with E-state index in [1.54, 1.807) is 0 Å². The van der Waals surface area contributed by atoms with Crippen LogP contribution in [0, 0.1) is 0 Å². The molecule has 0 N–H and O–H groups in total. The summed E-state index contributed by atoms with van der Waals surface area (Å²) in [5.41, 5.74) is 5.61. The van der Waals surface area contributed by atoms with E-state index < -0.39 is 0 Å². The molecule has 0 saturated heterocycles. The van der Waals surface area contributed by atoms with E-state index in [0.717, 1.165) is 53.8 Å². The van der Waals surface area contributed by atoms with Crippen molar-refractivity contribution in [3.8, 4) is 17.1 Å². The molecule has 0 unspecified atom stereocenters. The van der Waals surface area contributed by atoms with Crippen LogP contribution in [-0.2, 0) is 19.5 Å². The van der Waals surface area contributed by atoms with Gasteiger partial charge in [0.1, 0.15) is 0 Å². The van der Waals surface area contributed by atoms with E-state index in [-0.39, 0.29) is 0 Å². The molecule has 0 atom stereocenters. The standard InChI is InChI=1S/C23H20ClN5/c24-20-8-6-18(7-9-20)23-25-13-19-16-28(11-10-22(19)27-23)14-17-12-26-29(15-17)21-4-2-1-3-5-21/h1-9,12-13,15H,10-11,14,16H2. The maximum Gasteiger partial charge on any atom is 0.159 e. The lowest BCUT2D eigenvalue weighted by Crippen LogP contribution is -2.30. The fraction of sp³-hybridized carbons (Fsp3) is 0.174. The zero-order valence-corrected chi connectivity index (χ0v) is 16.6. The van der Waals surface area contributed by atoms with Crippen LogP contribution in [0.4, 0.5) is 0 Å². The van der Waals surface area contributed by atoms with Gasteiger partial charge in [-0.25, -0.2) is 14.6 Å². The molecule has 29 heavy (non-hydrogen) atoms. The molecule has 0 aliphatic carbocycles. The first-order valence-corrected chi connectivity index (χ1v) is 10.0. The Morgan fingerprint density at radius 1 is 0.966 bits per heavy atom. The van der Waals surface area contributed by atoms with Crippen molar-refractivity contribution in [2.75, 3.05) is 6.54 Å². The third-order valence-electron chi connectivity index (χ3n) is 5.18. The number of halogens is 1. The van der Waals surface area contributed by atoms with Crippen molar-refractivity contribution < 1.29 is 0 Å². The quantitative estimate of drug-likeness (QED) is 0.503. The highest BCUT2D eigenvalue weighted by molar-refractivity contribution is 6.30. The molecule has 5 nitrogen and oxygen atoms in total. The van der Waals surface area contributed by atoms with Crippen LogP contribution in [0.3, 0.4) is 0 Å². The summed E-state index contributed by atoms with van der Waals surface area (Å²) in [5, 5.41) is 5.22. The van der Waals surface area contributed by atoms with Crippen LogP contribution in [0.1, 0.15) is 16.8 Å². The Morgan fingerprint density at radius 2 is 1.79 bits per heavy atom. The number of hydrogen-bond donors (Lipinski definition) is 0. The first-order chi connectivity index (χ1) is 14.2. The fourth-order valence-corrected chi connectivity index (χ4v) is 3.80. The van der Waals surface area contributed by atoms with E-state index in [1.165, 1.54) is 11.1 Å². The molecule has 5 rings (SSSR count). The molecule has 0 radical (unpaired) electrons. The first kappa shape index (κ1) is 18.0. The van der Waals surface area contributed by atoms with Gasteiger partial charge in [-0.15, -0.1) is 0 Å². The van der Waals surface area contributed by atoms with Crippen molar-refractivity contribution in [1.29, 1.82) is 0 Å². The number of aromatic nitrogens is 4. The van der Waals surface area contributed by atoms with Crippen LogP contribution in [0.15, 0.2) is 73.2 Å². The summed E-state index contributed by atoms with van der Waals surface area (Å²) in [6.07, 6.45) is 6.94. The van der Waals surface area contributed by atoms with Gasteiger partial charge in [0.25, 0.3) is 0 Å².